The van der Waals surface area contributed by atoms with Crippen LogP contribution in [0.3, 0.4) is 0 Å². The second-order valence-corrected chi connectivity index (χ2v) is 3.31. The molecule has 0 aromatic carbocycles. The fourth-order valence-corrected chi connectivity index (χ4v) is 0.364. The van der Waals surface area contributed by atoms with Gasteiger partial charge in [-0.2, -0.15) is 0 Å². The molecule has 0 aromatic rings. The fraction of sp³-hybridized carbons (Fsp3) is 1.00. The van der Waals surface area contributed by atoms with E-state index < -0.39 is 0 Å². The summed E-state index contributed by atoms with van der Waals surface area (Å²) in [6.07, 6.45) is 0. The van der Waals surface area contributed by atoms with E-state index in [1.807, 2.05) is 13.8 Å². The predicted molar refractivity (Wildman–Crippen MR) is 38.5 cm³/mol. The zero-order chi connectivity index (χ0) is 7.65. The molecule has 0 aliphatic carbocycles. The predicted octanol–water partition coefficient (Wildman–Crippen LogP) is 1.83. The topological polar surface area (TPSA) is 20.1 Å². The normalized spacial score (nSPS) is 12.2. The molecule has 0 heterocycles. The van der Waals surface area contributed by atoms with Crippen LogP contribution in [0.1, 0.15) is 27.7 Å². The first-order chi connectivity index (χ1) is 3.89. The van der Waals surface area contributed by atoms with Crippen LogP contribution in [-0.4, -0.2) is 17.3 Å². The van der Waals surface area contributed by atoms with Gasteiger partial charge in [-0.15, -0.1) is 0 Å². The maximum Gasteiger partial charge on any atom is 0.206 e. The summed E-state index contributed by atoms with van der Waals surface area (Å²) >= 11 is 0. The average molecular weight is 130 g/mol. The molecule has 2 heteroatoms. The Morgan fingerprint density at radius 2 is 1.67 bits per heavy atom. The third-order valence-corrected chi connectivity index (χ3v) is 2.22. The molecule has 0 fully saturated rings. The molecule has 0 saturated carbocycles. The Kier molecular flexibility index (Phi) is 2.35. The van der Waals surface area contributed by atoms with Gasteiger partial charge in [-0.3, -0.25) is 0 Å². The summed E-state index contributed by atoms with van der Waals surface area (Å²) in [5.41, 5.74) is -0.222. The summed E-state index contributed by atoms with van der Waals surface area (Å²) in [5, 5.41) is 0. The van der Waals surface area contributed by atoms with E-state index in [1.165, 1.54) is 0 Å². The van der Waals surface area contributed by atoms with E-state index in [2.05, 4.69) is 13.8 Å². The smallest absolute Gasteiger partial charge is 0.0560 e. The van der Waals surface area contributed by atoms with Gasteiger partial charge >= 0.3 is 0 Å². The first-order valence-corrected chi connectivity index (χ1v) is 3.30. The lowest BCUT2D eigenvalue weighted by molar-refractivity contribution is -0.603. The minimum absolute atomic E-state index is 0.222. The van der Waals surface area contributed by atoms with E-state index in [-0.39, 0.29) is 5.54 Å². The van der Waals surface area contributed by atoms with Gasteiger partial charge in [0.1, 0.15) is 0 Å². The third kappa shape index (κ3) is 1.77. The van der Waals surface area contributed by atoms with Crippen LogP contribution in [0.4, 0.5) is 0 Å². The highest BCUT2D eigenvalue weighted by Gasteiger charge is 2.34. The van der Waals surface area contributed by atoms with Crippen molar-refractivity contribution in [3.05, 3.63) is 4.91 Å². The lowest BCUT2D eigenvalue weighted by Gasteiger charge is -2.17. The highest BCUT2D eigenvalue weighted by atomic mass is 16.3. The van der Waals surface area contributed by atoms with Crippen molar-refractivity contribution in [1.29, 1.82) is 0 Å². The van der Waals surface area contributed by atoms with Crippen molar-refractivity contribution in [2.45, 2.75) is 33.2 Å². The van der Waals surface area contributed by atoms with Crippen LogP contribution in [0, 0.1) is 10.8 Å². The second-order valence-electron chi connectivity index (χ2n) is 3.31. The quantitative estimate of drug-likeness (QED) is 0.522. The first kappa shape index (κ1) is 8.60. The molecule has 0 N–H and O–H groups in total. The Bertz CT molecular complexity index is 116. The minimum atomic E-state index is -0.222. The summed E-state index contributed by atoms with van der Waals surface area (Å²) in [6.45, 7) is 8.00. The van der Waals surface area contributed by atoms with E-state index in [4.69, 9.17) is 0 Å². The van der Waals surface area contributed by atoms with Crippen LogP contribution >= 0.6 is 0 Å². The molecule has 54 valence electrons. The molecule has 0 unspecified atom stereocenters. The minimum Gasteiger partial charge on any atom is -0.0560 e. The van der Waals surface area contributed by atoms with Crippen molar-refractivity contribution in [1.82, 2.24) is 0 Å². The highest BCUT2D eigenvalue weighted by Crippen LogP contribution is 2.17. The number of hydrogen-bond acceptors (Lipinski definition) is 1. The number of rotatable bonds is 2. The molecule has 0 aliphatic heterocycles. The molecule has 0 aromatic heterocycles. The number of hydrogen-bond donors (Lipinski definition) is 0. The van der Waals surface area contributed by atoms with Gasteiger partial charge in [-0.25, -0.2) is 0 Å². The third-order valence-electron chi connectivity index (χ3n) is 2.22. The van der Waals surface area contributed by atoms with Gasteiger partial charge in [-0.1, -0.05) is 13.8 Å². The van der Waals surface area contributed by atoms with Crippen LogP contribution in [0.25, 0.3) is 0 Å². The lowest BCUT2D eigenvalue weighted by Crippen LogP contribution is -2.37. The van der Waals surface area contributed by atoms with E-state index in [1.54, 1.807) is 7.05 Å². The molecular formula is C7H16NO+. The van der Waals surface area contributed by atoms with Gasteiger partial charge in [0, 0.05) is 29.4 Å². The standard InChI is InChI=1S/C7H16NO/c1-6(2)7(3,4)8(5)9/h6H,1-5H3/q+1. The van der Waals surface area contributed by atoms with E-state index >= 15 is 0 Å². The van der Waals surface area contributed by atoms with Crippen molar-refractivity contribution in [3.63, 3.8) is 0 Å². The largest absolute Gasteiger partial charge is 0.206 e. The van der Waals surface area contributed by atoms with Crippen LogP contribution in [0.15, 0.2) is 0 Å². The lowest BCUT2D eigenvalue weighted by atomic mass is 9.91. The summed E-state index contributed by atoms with van der Waals surface area (Å²) in [4.78, 5) is 10.8. The maximum atomic E-state index is 10.8. The molecular weight excluding hydrogens is 114 g/mol. The van der Waals surface area contributed by atoms with Crippen LogP contribution < -0.4 is 0 Å². The zero-order valence-corrected chi connectivity index (χ0v) is 6.93. The maximum absolute atomic E-state index is 10.8. The molecule has 2 nitrogen and oxygen atoms in total. The van der Waals surface area contributed by atoms with Gasteiger partial charge in [0.25, 0.3) is 0 Å². The van der Waals surface area contributed by atoms with Crippen molar-refractivity contribution >= 4 is 0 Å². The van der Waals surface area contributed by atoms with Gasteiger partial charge in [0.15, 0.2) is 7.05 Å². The van der Waals surface area contributed by atoms with Crippen LogP contribution in [-0.2, 0) is 0 Å². The Hall–Kier alpha value is -0.400. The highest BCUT2D eigenvalue weighted by molar-refractivity contribution is 4.69. The monoisotopic (exact) mass is 130 g/mol. The Morgan fingerprint density at radius 3 is 1.67 bits per heavy atom. The van der Waals surface area contributed by atoms with Crippen LogP contribution in [0.5, 0.6) is 0 Å². The average Bonchev–Trinajstić information content (AvgIpc) is 1.65. The van der Waals surface area contributed by atoms with Crippen molar-refractivity contribution in [2.24, 2.45) is 5.92 Å². The van der Waals surface area contributed by atoms with E-state index in [0.29, 0.717) is 5.92 Å². The molecule has 0 rings (SSSR count). The molecule has 0 bridgehead atoms. The zero-order valence-electron chi connectivity index (χ0n) is 6.93. The van der Waals surface area contributed by atoms with Crippen molar-refractivity contribution < 1.29 is 4.76 Å². The van der Waals surface area contributed by atoms with Gasteiger partial charge in [0.2, 0.25) is 5.54 Å². The summed E-state index contributed by atoms with van der Waals surface area (Å²) < 4.78 is 1.01. The molecule has 9 heavy (non-hydrogen) atoms. The van der Waals surface area contributed by atoms with Gasteiger partial charge in [0.05, 0.1) is 0 Å². The van der Waals surface area contributed by atoms with Gasteiger partial charge < -0.3 is 0 Å². The van der Waals surface area contributed by atoms with E-state index in [9.17, 15) is 4.91 Å². The SMILES string of the molecule is CC(C)C(C)(C)[N+](C)=O. The first-order valence-electron chi connectivity index (χ1n) is 3.30. The van der Waals surface area contributed by atoms with Gasteiger partial charge in [-0.05, 0) is 0 Å². The second kappa shape index (κ2) is 2.46. The fourth-order valence-electron chi connectivity index (χ4n) is 0.364. The Labute approximate surface area is 56.8 Å². The van der Waals surface area contributed by atoms with E-state index in [0.717, 1.165) is 4.76 Å². The molecule has 0 saturated heterocycles. The number of nitrogens with zero attached hydrogens (tertiary/aromatic N) is 1. The van der Waals surface area contributed by atoms with Crippen molar-refractivity contribution in [2.75, 3.05) is 7.05 Å². The number of nitroso groups, excluding NO2 is 1. The molecule has 0 radical (unpaired) electrons. The van der Waals surface area contributed by atoms with Crippen LogP contribution in [0.2, 0.25) is 0 Å². The summed E-state index contributed by atoms with van der Waals surface area (Å²) in [5.74, 6) is 0.403. The summed E-state index contributed by atoms with van der Waals surface area (Å²) in [6, 6.07) is 0. The Morgan fingerprint density at radius 1 is 1.33 bits per heavy atom. The molecule has 0 spiro atoms. The van der Waals surface area contributed by atoms with Crippen molar-refractivity contribution in [3.8, 4) is 0 Å². The summed E-state index contributed by atoms with van der Waals surface area (Å²) in [7, 11) is 1.57. The Balaban J connectivity index is 4.19. The molecule has 0 aliphatic rings. The molecule has 0 amide bonds. The molecule has 0 atom stereocenters.